The van der Waals surface area contributed by atoms with Crippen molar-refractivity contribution < 1.29 is 4.79 Å². The lowest BCUT2D eigenvalue weighted by molar-refractivity contribution is -0.113. The molecular formula is C9H19NO. The molecule has 0 unspecified atom stereocenters. The number of allylic oxidation sites excluding steroid dienone is 1. The minimum absolute atomic E-state index is 0.0726. The first-order valence-electron chi connectivity index (χ1n) is 4.07. The van der Waals surface area contributed by atoms with Crippen LogP contribution in [0, 0.1) is 0 Å². The summed E-state index contributed by atoms with van der Waals surface area (Å²) in [4.78, 5) is 10.5. The molecule has 0 aliphatic carbocycles. The Balaban J connectivity index is 0. The van der Waals surface area contributed by atoms with E-state index in [0.29, 0.717) is 12.1 Å². The van der Waals surface area contributed by atoms with Crippen LogP contribution >= 0.6 is 0 Å². The Kier molecular flexibility index (Phi) is 11.1. The fourth-order valence-electron chi connectivity index (χ4n) is 0.491. The van der Waals surface area contributed by atoms with E-state index in [1.54, 1.807) is 0 Å². The Morgan fingerprint density at radius 1 is 1.45 bits per heavy atom. The first-order valence-corrected chi connectivity index (χ1v) is 4.07. The van der Waals surface area contributed by atoms with E-state index in [1.807, 2.05) is 13.8 Å². The second-order valence-electron chi connectivity index (χ2n) is 2.05. The minimum atomic E-state index is 0.0726. The van der Waals surface area contributed by atoms with Crippen molar-refractivity contribution in [3.8, 4) is 0 Å². The van der Waals surface area contributed by atoms with Gasteiger partial charge in [-0.2, -0.15) is 0 Å². The van der Waals surface area contributed by atoms with Crippen LogP contribution < -0.4 is 5.73 Å². The zero-order valence-corrected chi connectivity index (χ0v) is 7.81. The van der Waals surface area contributed by atoms with Gasteiger partial charge in [0.1, 0.15) is 0 Å². The lowest BCUT2D eigenvalue weighted by Gasteiger charge is -1.96. The molecule has 0 aromatic rings. The average molecular weight is 157 g/mol. The summed E-state index contributed by atoms with van der Waals surface area (Å²) in [6.45, 7) is 9.74. The van der Waals surface area contributed by atoms with Gasteiger partial charge < -0.3 is 5.73 Å². The average Bonchev–Trinajstić information content (AvgIpc) is 2.03. The molecule has 0 atom stereocenters. The van der Waals surface area contributed by atoms with Gasteiger partial charge >= 0.3 is 0 Å². The van der Waals surface area contributed by atoms with E-state index >= 15 is 0 Å². The van der Waals surface area contributed by atoms with Crippen LogP contribution in [0.5, 0.6) is 0 Å². The molecule has 0 aromatic heterocycles. The third kappa shape index (κ3) is 9.37. The summed E-state index contributed by atoms with van der Waals surface area (Å²) in [5.41, 5.74) is 5.91. The number of ketones is 1. The Labute approximate surface area is 69.5 Å². The van der Waals surface area contributed by atoms with Crippen LogP contribution in [0.25, 0.3) is 0 Å². The highest BCUT2D eigenvalue weighted by Gasteiger charge is 1.97. The van der Waals surface area contributed by atoms with Crippen LogP contribution in [0.15, 0.2) is 12.2 Å². The quantitative estimate of drug-likeness (QED) is 0.633. The van der Waals surface area contributed by atoms with Crippen molar-refractivity contribution in [2.75, 3.05) is 6.54 Å². The van der Waals surface area contributed by atoms with Crippen molar-refractivity contribution in [3.05, 3.63) is 12.2 Å². The molecule has 2 nitrogen and oxygen atoms in total. The third-order valence-electron chi connectivity index (χ3n) is 1.18. The number of carbonyl (C=O) groups excluding carboxylic acids is 1. The highest BCUT2D eigenvalue weighted by Crippen LogP contribution is 2.00. The fraction of sp³-hybridized carbons (Fsp3) is 0.667. The van der Waals surface area contributed by atoms with E-state index < -0.39 is 0 Å². The third-order valence-corrected chi connectivity index (χ3v) is 1.18. The van der Waals surface area contributed by atoms with Crippen LogP contribution in [0.4, 0.5) is 0 Å². The first kappa shape index (κ1) is 13.0. The smallest absolute Gasteiger partial charge is 0.155 e. The molecule has 0 heterocycles. The maximum Gasteiger partial charge on any atom is 0.155 e. The molecule has 0 fully saturated rings. The van der Waals surface area contributed by atoms with Gasteiger partial charge in [-0.3, -0.25) is 4.79 Å². The largest absolute Gasteiger partial charge is 0.330 e. The second-order valence-corrected chi connectivity index (χ2v) is 2.05. The summed E-state index contributed by atoms with van der Waals surface area (Å²) < 4.78 is 0. The minimum Gasteiger partial charge on any atom is -0.330 e. The van der Waals surface area contributed by atoms with E-state index in [9.17, 15) is 4.79 Å². The lowest BCUT2D eigenvalue weighted by atomic mass is 10.1. The predicted molar refractivity (Wildman–Crippen MR) is 49.5 cm³/mol. The number of hydrogen-bond acceptors (Lipinski definition) is 2. The molecule has 2 N–H and O–H groups in total. The number of Topliss-reactive ketones (excluding diaryl/α,β-unsaturated/α-hetero) is 1. The molecule has 0 aromatic carbocycles. The summed E-state index contributed by atoms with van der Waals surface area (Å²) in [6, 6.07) is 0. The van der Waals surface area contributed by atoms with E-state index in [4.69, 9.17) is 5.73 Å². The van der Waals surface area contributed by atoms with Crippen molar-refractivity contribution in [1.82, 2.24) is 0 Å². The molecule has 0 bridgehead atoms. The number of carbonyl (C=O) groups is 1. The van der Waals surface area contributed by atoms with Crippen LogP contribution in [0.3, 0.4) is 0 Å². The summed E-state index contributed by atoms with van der Waals surface area (Å²) in [5, 5.41) is 0. The van der Waals surface area contributed by atoms with E-state index in [1.165, 1.54) is 6.92 Å². The molecule has 0 spiro atoms. The zero-order chi connectivity index (χ0) is 9.28. The number of rotatable bonds is 4. The molecule has 0 aliphatic rings. The first-order chi connectivity index (χ1) is 5.18. The van der Waals surface area contributed by atoms with Crippen LogP contribution in [0.2, 0.25) is 0 Å². The fourth-order valence-corrected chi connectivity index (χ4v) is 0.491. The van der Waals surface area contributed by atoms with Crippen LogP contribution in [0.1, 0.15) is 33.6 Å². The van der Waals surface area contributed by atoms with Gasteiger partial charge in [-0.25, -0.2) is 0 Å². The van der Waals surface area contributed by atoms with Crippen LogP contribution in [-0.4, -0.2) is 12.3 Å². The standard InChI is InChI=1S/C7H13NO.C2H6/c1-6(7(2)9)4-3-5-8;1-2/h1,3-5,8H2,2H3;1-2H3. The Morgan fingerprint density at radius 3 is 2.18 bits per heavy atom. The molecular weight excluding hydrogens is 138 g/mol. The van der Waals surface area contributed by atoms with E-state index in [-0.39, 0.29) is 5.78 Å². The second kappa shape index (κ2) is 9.37. The Bertz CT molecular complexity index is 119. The molecule has 11 heavy (non-hydrogen) atoms. The molecule has 0 aliphatic heterocycles. The predicted octanol–water partition coefficient (Wildman–Crippen LogP) is 1.90. The van der Waals surface area contributed by atoms with Gasteiger partial charge in [0.05, 0.1) is 0 Å². The topological polar surface area (TPSA) is 43.1 Å². The summed E-state index contributed by atoms with van der Waals surface area (Å²) in [7, 11) is 0. The van der Waals surface area contributed by atoms with Gasteiger partial charge in [-0.05, 0) is 31.9 Å². The van der Waals surface area contributed by atoms with Gasteiger partial charge in [0.2, 0.25) is 0 Å². The van der Waals surface area contributed by atoms with Gasteiger partial charge in [0, 0.05) is 0 Å². The van der Waals surface area contributed by atoms with Crippen molar-refractivity contribution in [1.29, 1.82) is 0 Å². The molecule has 0 rings (SSSR count). The molecule has 0 amide bonds. The SMILES string of the molecule is C=C(CCCN)C(C)=O.CC. The van der Waals surface area contributed by atoms with Crippen molar-refractivity contribution in [3.63, 3.8) is 0 Å². The molecule has 0 radical (unpaired) electrons. The lowest BCUT2D eigenvalue weighted by Crippen LogP contribution is -2.01. The maximum atomic E-state index is 10.5. The molecule has 2 heteroatoms. The van der Waals surface area contributed by atoms with Gasteiger partial charge in [-0.15, -0.1) is 0 Å². The number of hydrogen-bond donors (Lipinski definition) is 1. The van der Waals surface area contributed by atoms with Crippen molar-refractivity contribution in [2.45, 2.75) is 33.6 Å². The highest BCUT2D eigenvalue weighted by molar-refractivity contribution is 5.92. The zero-order valence-electron chi connectivity index (χ0n) is 7.81. The van der Waals surface area contributed by atoms with Crippen LogP contribution in [-0.2, 0) is 4.79 Å². The molecule has 0 saturated carbocycles. The summed E-state index contributed by atoms with van der Waals surface area (Å²) in [6.07, 6.45) is 1.60. The van der Waals surface area contributed by atoms with E-state index in [2.05, 4.69) is 6.58 Å². The van der Waals surface area contributed by atoms with Crippen molar-refractivity contribution >= 4 is 5.78 Å². The highest BCUT2D eigenvalue weighted by atomic mass is 16.1. The summed E-state index contributed by atoms with van der Waals surface area (Å²) in [5.74, 6) is 0.0726. The van der Waals surface area contributed by atoms with Crippen molar-refractivity contribution in [2.24, 2.45) is 5.73 Å². The Morgan fingerprint density at radius 2 is 1.91 bits per heavy atom. The summed E-state index contributed by atoms with van der Waals surface area (Å²) >= 11 is 0. The Hall–Kier alpha value is -0.630. The number of nitrogens with two attached hydrogens (primary N) is 1. The maximum absolute atomic E-state index is 10.5. The van der Waals surface area contributed by atoms with Gasteiger partial charge in [0.15, 0.2) is 5.78 Å². The van der Waals surface area contributed by atoms with E-state index in [0.717, 1.165) is 12.8 Å². The monoisotopic (exact) mass is 157 g/mol. The molecule has 66 valence electrons. The van der Waals surface area contributed by atoms with Gasteiger partial charge in [-0.1, -0.05) is 20.4 Å². The molecule has 0 saturated heterocycles. The van der Waals surface area contributed by atoms with Gasteiger partial charge in [0.25, 0.3) is 0 Å². The normalized spacial score (nSPS) is 8.00.